The highest BCUT2D eigenvalue weighted by atomic mass is 16.5. The molecule has 0 heterocycles. The molecule has 0 aliphatic rings. The van der Waals surface area contributed by atoms with Crippen molar-refractivity contribution in [1.82, 2.24) is 0 Å². The molecule has 0 aliphatic carbocycles. The van der Waals surface area contributed by atoms with Crippen molar-refractivity contribution in [2.24, 2.45) is 0 Å². The Balaban J connectivity index is 3.49. The van der Waals surface area contributed by atoms with Crippen LogP contribution in [0.5, 0.6) is 0 Å². The van der Waals surface area contributed by atoms with Gasteiger partial charge in [-0.1, -0.05) is 26.2 Å². The Morgan fingerprint density at radius 1 is 1.29 bits per heavy atom. The normalized spacial score (nSPS) is 11.2. The second-order valence-corrected chi connectivity index (χ2v) is 3.23. The Bertz CT molecular complexity index is 185. The van der Waals surface area contributed by atoms with E-state index in [1.165, 1.54) is 26.2 Å². The SMILES string of the molecule is CCCCCCOC(=O)/C(C)=C/OC. The van der Waals surface area contributed by atoms with Crippen LogP contribution in [-0.2, 0) is 14.3 Å². The Hall–Kier alpha value is -0.990. The van der Waals surface area contributed by atoms with Gasteiger partial charge in [0, 0.05) is 0 Å². The maximum Gasteiger partial charge on any atom is 0.336 e. The molecule has 0 fully saturated rings. The van der Waals surface area contributed by atoms with E-state index in [-0.39, 0.29) is 5.97 Å². The van der Waals surface area contributed by atoms with Crippen LogP contribution in [0.4, 0.5) is 0 Å². The van der Waals surface area contributed by atoms with Gasteiger partial charge in [0.15, 0.2) is 0 Å². The summed E-state index contributed by atoms with van der Waals surface area (Å²) in [5, 5.41) is 0. The molecule has 0 saturated carbocycles. The minimum Gasteiger partial charge on any atom is -0.504 e. The Morgan fingerprint density at radius 2 is 2.00 bits per heavy atom. The molecule has 0 saturated heterocycles. The largest absolute Gasteiger partial charge is 0.504 e. The van der Waals surface area contributed by atoms with Crippen molar-refractivity contribution in [3.63, 3.8) is 0 Å². The third-order valence-electron chi connectivity index (χ3n) is 1.85. The molecule has 3 nitrogen and oxygen atoms in total. The number of ether oxygens (including phenoxy) is 2. The highest BCUT2D eigenvalue weighted by Crippen LogP contribution is 2.01. The van der Waals surface area contributed by atoms with E-state index >= 15 is 0 Å². The van der Waals surface area contributed by atoms with Crippen LogP contribution in [0.2, 0.25) is 0 Å². The molecule has 0 aromatic heterocycles. The smallest absolute Gasteiger partial charge is 0.336 e. The number of hydrogen-bond donors (Lipinski definition) is 0. The van der Waals surface area contributed by atoms with Gasteiger partial charge in [-0.3, -0.25) is 0 Å². The highest BCUT2D eigenvalue weighted by molar-refractivity contribution is 5.87. The Labute approximate surface area is 86.1 Å². The molecule has 0 rings (SSSR count). The first-order valence-corrected chi connectivity index (χ1v) is 5.09. The molecule has 3 heteroatoms. The van der Waals surface area contributed by atoms with Crippen LogP contribution >= 0.6 is 0 Å². The molecule has 0 aromatic rings. The van der Waals surface area contributed by atoms with Crippen molar-refractivity contribution < 1.29 is 14.3 Å². The monoisotopic (exact) mass is 200 g/mol. The maximum atomic E-state index is 11.2. The first-order valence-electron chi connectivity index (χ1n) is 5.09. The van der Waals surface area contributed by atoms with Gasteiger partial charge in [-0.25, -0.2) is 4.79 Å². The van der Waals surface area contributed by atoms with Crippen LogP contribution < -0.4 is 0 Å². The Morgan fingerprint density at radius 3 is 2.57 bits per heavy atom. The third kappa shape index (κ3) is 6.52. The molecule has 0 aromatic carbocycles. The van der Waals surface area contributed by atoms with Crippen molar-refractivity contribution in [3.8, 4) is 0 Å². The first kappa shape index (κ1) is 13.0. The zero-order chi connectivity index (χ0) is 10.8. The number of carbonyl (C=O) groups is 1. The van der Waals surface area contributed by atoms with Crippen molar-refractivity contribution >= 4 is 5.97 Å². The molecular formula is C11H20O3. The maximum absolute atomic E-state index is 11.2. The molecule has 0 N–H and O–H groups in total. The third-order valence-corrected chi connectivity index (χ3v) is 1.85. The van der Waals surface area contributed by atoms with Crippen LogP contribution in [0.1, 0.15) is 39.5 Å². The predicted molar refractivity (Wildman–Crippen MR) is 55.9 cm³/mol. The summed E-state index contributed by atoms with van der Waals surface area (Å²) in [7, 11) is 1.51. The fraction of sp³-hybridized carbons (Fsp3) is 0.727. The molecule has 0 spiro atoms. The second kappa shape index (κ2) is 8.60. The van der Waals surface area contributed by atoms with Gasteiger partial charge in [0.2, 0.25) is 0 Å². The summed E-state index contributed by atoms with van der Waals surface area (Å²) < 4.78 is 9.72. The van der Waals surface area contributed by atoms with Crippen molar-refractivity contribution in [2.75, 3.05) is 13.7 Å². The number of methoxy groups -OCH3 is 1. The molecule has 14 heavy (non-hydrogen) atoms. The molecule has 0 aliphatic heterocycles. The average molecular weight is 200 g/mol. The summed E-state index contributed by atoms with van der Waals surface area (Å²) >= 11 is 0. The van der Waals surface area contributed by atoms with Gasteiger partial charge in [0.05, 0.1) is 25.6 Å². The minimum absolute atomic E-state index is 0.289. The van der Waals surface area contributed by atoms with E-state index in [2.05, 4.69) is 6.92 Å². The molecule has 0 radical (unpaired) electrons. The standard InChI is InChI=1S/C11H20O3/c1-4-5-6-7-8-14-11(12)10(2)9-13-3/h9H,4-8H2,1-3H3/b10-9+. The predicted octanol–water partition coefficient (Wildman–Crippen LogP) is 2.66. The summed E-state index contributed by atoms with van der Waals surface area (Å²) in [4.78, 5) is 11.2. The number of rotatable bonds is 7. The number of hydrogen-bond acceptors (Lipinski definition) is 3. The zero-order valence-electron chi connectivity index (χ0n) is 9.34. The highest BCUT2D eigenvalue weighted by Gasteiger charge is 2.04. The van der Waals surface area contributed by atoms with E-state index < -0.39 is 0 Å². The van der Waals surface area contributed by atoms with E-state index in [9.17, 15) is 4.79 Å². The van der Waals surface area contributed by atoms with Gasteiger partial charge in [-0.05, 0) is 13.3 Å². The van der Waals surface area contributed by atoms with Gasteiger partial charge in [-0.15, -0.1) is 0 Å². The van der Waals surface area contributed by atoms with Gasteiger partial charge >= 0.3 is 5.97 Å². The summed E-state index contributed by atoms with van der Waals surface area (Å²) in [6, 6.07) is 0. The summed E-state index contributed by atoms with van der Waals surface area (Å²) in [5.74, 6) is -0.289. The molecule has 0 atom stereocenters. The van der Waals surface area contributed by atoms with E-state index in [0.29, 0.717) is 12.2 Å². The molecule has 0 bridgehead atoms. The van der Waals surface area contributed by atoms with Gasteiger partial charge < -0.3 is 9.47 Å². The zero-order valence-corrected chi connectivity index (χ0v) is 9.34. The van der Waals surface area contributed by atoms with E-state index in [1.807, 2.05) is 0 Å². The lowest BCUT2D eigenvalue weighted by atomic mass is 10.2. The Kier molecular flexibility index (Phi) is 7.99. The van der Waals surface area contributed by atoms with Crippen LogP contribution in [0.15, 0.2) is 11.8 Å². The number of unbranched alkanes of at least 4 members (excludes halogenated alkanes) is 3. The lowest BCUT2D eigenvalue weighted by Crippen LogP contribution is -2.07. The average Bonchev–Trinajstić information content (AvgIpc) is 2.17. The van der Waals surface area contributed by atoms with Crippen molar-refractivity contribution in [1.29, 1.82) is 0 Å². The van der Waals surface area contributed by atoms with E-state index in [4.69, 9.17) is 9.47 Å². The van der Waals surface area contributed by atoms with Crippen molar-refractivity contribution in [3.05, 3.63) is 11.8 Å². The van der Waals surface area contributed by atoms with Gasteiger partial charge in [-0.2, -0.15) is 0 Å². The quantitative estimate of drug-likeness (QED) is 0.274. The topological polar surface area (TPSA) is 35.5 Å². The van der Waals surface area contributed by atoms with Crippen LogP contribution in [0.3, 0.4) is 0 Å². The van der Waals surface area contributed by atoms with Gasteiger partial charge in [0.25, 0.3) is 0 Å². The lowest BCUT2D eigenvalue weighted by Gasteiger charge is -2.04. The minimum atomic E-state index is -0.289. The van der Waals surface area contributed by atoms with Crippen molar-refractivity contribution in [2.45, 2.75) is 39.5 Å². The van der Waals surface area contributed by atoms with E-state index in [0.717, 1.165) is 12.8 Å². The molecule has 0 amide bonds. The van der Waals surface area contributed by atoms with Crippen LogP contribution in [0, 0.1) is 0 Å². The molecule has 82 valence electrons. The summed E-state index contributed by atoms with van der Waals surface area (Å²) in [6.07, 6.45) is 5.85. The number of carbonyl (C=O) groups excluding carboxylic acids is 1. The number of esters is 1. The fourth-order valence-corrected chi connectivity index (χ4v) is 1.03. The first-order chi connectivity index (χ1) is 6.72. The van der Waals surface area contributed by atoms with Crippen LogP contribution in [0.25, 0.3) is 0 Å². The fourth-order valence-electron chi connectivity index (χ4n) is 1.03. The second-order valence-electron chi connectivity index (χ2n) is 3.23. The summed E-state index contributed by atoms with van der Waals surface area (Å²) in [5.41, 5.74) is 0.503. The van der Waals surface area contributed by atoms with E-state index in [1.54, 1.807) is 6.92 Å². The van der Waals surface area contributed by atoms with Crippen LogP contribution in [-0.4, -0.2) is 19.7 Å². The molecular weight excluding hydrogens is 180 g/mol. The molecule has 0 unspecified atom stereocenters. The lowest BCUT2D eigenvalue weighted by molar-refractivity contribution is -0.139. The van der Waals surface area contributed by atoms with Gasteiger partial charge in [0.1, 0.15) is 0 Å². The summed E-state index contributed by atoms with van der Waals surface area (Å²) in [6.45, 7) is 4.34.